The summed E-state index contributed by atoms with van der Waals surface area (Å²) in [6, 6.07) is 0.522. The van der Waals surface area contributed by atoms with Crippen LogP contribution in [0.5, 0.6) is 0 Å². The molecule has 1 saturated heterocycles. The van der Waals surface area contributed by atoms with Crippen molar-refractivity contribution in [3.05, 3.63) is 11.6 Å². The normalized spacial score (nSPS) is 20.7. The molecule has 1 aliphatic rings. The molecule has 2 nitrogen and oxygen atoms in total. The third-order valence-corrected chi connectivity index (χ3v) is 2.80. The van der Waals surface area contributed by atoms with Crippen LogP contribution < -0.4 is 5.32 Å². The maximum absolute atomic E-state index is 5.69. The van der Waals surface area contributed by atoms with E-state index >= 15 is 0 Å². The standard InChI is InChI=1S/C11H20ClNO/c1-9(12)8-13-10(2)7-11-3-5-14-6-4-11/h10-11,13H,1,3-8H2,2H3. The van der Waals surface area contributed by atoms with Crippen LogP contribution >= 0.6 is 11.6 Å². The lowest BCUT2D eigenvalue weighted by atomic mass is 9.93. The van der Waals surface area contributed by atoms with Crippen LogP contribution in [-0.4, -0.2) is 25.8 Å². The SMILES string of the molecule is C=C(Cl)CNC(C)CC1CCOCC1. The highest BCUT2D eigenvalue weighted by Crippen LogP contribution is 2.19. The average Bonchev–Trinajstić information content (AvgIpc) is 2.16. The zero-order valence-corrected chi connectivity index (χ0v) is 9.65. The van der Waals surface area contributed by atoms with Gasteiger partial charge in [0.05, 0.1) is 0 Å². The first-order chi connectivity index (χ1) is 6.68. The second-order valence-electron chi connectivity index (χ2n) is 4.09. The van der Waals surface area contributed by atoms with E-state index < -0.39 is 0 Å². The van der Waals surface area contributed by atoms with Crippen LogP contribution in [-0.2, 0) is 4.74 Å². The highest BCUT2D eigenvalue weighted by atomic mass is 35.5. The maximum atomic E-state index is 5.69. The molecule has 1 atom stereocenters. The molecule has 0 saturated carbocycles. The first kappa shape index (κ1) is 12.0. The van der Waals surface area contributed by atoms with E-state index in [9.17, 15) is 0 Å². The van der Waals surface area contributed by atoms with Gasteiger partial charge in [0.2, 0.25) is 0 Å². The van der Waals surface area contributed by atoms with Crippen LogP contribution in [0.2, 0.25) is 0 Å². The van der Waals surface area contributed by atoms with Gasteiger partial charge in [-0.2, -0.15) is 0 Å². The molecule has 1 fully saturated rings. The Kier molecular flexibility index (Phi) is 5.53. The van der Waals surface area contributed by atoms with E-state index in [0.717, 1.165) is 19.1 Å². The van der Waals surface area contributed by atoms with Crippen molar-refractivity contribution in [1.29, 1.82) is 0 Å². The van der Waals surface area contributed by atoms with Crippen molar-refractivity contribution < 1.29 is 4.74 Å². The fourth-order valence-electron chi connectivity index (χ4n) is 1.85. The summed E-state index contributed by atoms with van der Waals surface area (Å²) in [6.45, 7) is 8.44. The molecule has 3 heteroatoms. The predicted molar refractivity (Wildman–Crippen MR) is 60.6 cm³/mol. The monoisotopic (exact) mass is 217 g/mol. The fourth-order valence-corrected chi connectivity index (χ4v) is 1.93. The Labute approximate surface area is 91.7 Å². The van der Waals surface area contributed by atoms with E-state index in [0.29, 0.717) is 17.6 Å². The smallest absolute Gasteiger partial charge is 0.0468 e. The molecule has 0 aromatic rings. The Hall–Kier alpha value is -0.0500. The second kappa shape index (κ2) is 6.44. The van der Waals surface area contributed by atoms with Crippen molar-refractivity contribution in [3.63, 3.8) is 0 Å². The third kappa shape index (κ3) is 4.99. The van der Waals surface area contributed by atoms with E-state index in [1.54, 1.807) is 0 Å². The largest absolute Gasteiger partial charge is 0.381 e. The molecule has 1 aliphatic heterocycles. The Morgan fingerprint density at radius 3 is 2.79 bits per heavy atom. The molecule has 0 spiro atoms. The van der Waals surface area contributed by atoms with Crippen LogP contribution in [0.3, 0.4) is 0 Å². The number of nitrogens with one attached hydrogen (secondary N) is 1. The first-order valence-corrected chi connectivity index (χ1v) is 5.70. The van der Waals surface area contributed by atoms with E-state index in [1.165, 1.54) is 19.3 Å². The average molecular weight is 218 g/mol. The molecule has 82 valence electrons. The third-order valence-electron chi connectivity index (χ3n) is 2.67. The summed E-state index contributed by atoms with van der Waals surface area (Å²) in [5.74, 6) is 0.815. The maximum Gasteiger partial charge on any atom is 0.0468 e. The Bertz CT molecular complexity index is 178. The zero-order chi connectivity index (χ0) is 10.4. The van der Waals surface area contributed by atoms with Crippen molar-refractivity contribution in [2.24, 2.45) is 5.92 Å². The van der Waals surface area contributed by atoms with Crippen LogP contribution in [0.15, 0.2) is 11.6 Å². The summed E-state index contributed by atoms with van der Waals surface area (Å²) in [5, 5.41) is 4.04. The number of hydrogen-bond acceptors (Lipinski definition) is 2. The van der Waals surface area contributed by atoms with Gasteiger partial charge in [0.25, 0.3) is 0 Å². The van der Waals surface area contributed by atoms with Gasteiger partial charge in [-0.25, -0.2) is 0 Å². The minimum atomic E-state index is 0.522. The number of halogens is 1. The van der Waals surface area contributed by atoms with Gasteiger partial charge in [-0.1, -0.05) is 18.2 Å². The molecule has 0 aliphatic carbocycles. The van der Waals surface area contributed by atoms with Gasteiger partial charge in [0, 0.05) is 30.8 Å². The molecule has 0 bridgehead atoms. The van der Waals surface area contributed by atoms with E-state index in [1.807, 2.05) is 0 Å². The molecule has 0 aromatic carbocycles. The Balaban J connectivity index is 2.11. The molecule has 1 heterocycles. The van der Waals surface area contributed by atoms with E-state index in [4.69, 9.17) is 16.3 Å². The number of ether oxygens (including phenoxy) is 1. The molecule has 0 aromatic heterocycles. The van der Waals surface area contributed by atoms with Gasteiger partial charge in [-0.15, -0.1) is 0 Å². The molecular formula is C11H20ClNO. The van der Waals surface area contributed by atoms with Crippen LogP contribution in [0.25, 0.3) is 0 Å². The lowest BCUT2D eigenvalue weighted by Gasteiger charge is -2.25. The van der Waals surface area contributed by atoms with Crippen molar-refractivity contribution in [2.75, 3.05) is 19.8 Å². The predicted octanol–water partition coefficient (Wildman–Crippen LogP) is 2.53. The van der Waals surface area contributed by atoms with Crippen LogP contribution in [0.4, 0.5) is 0 Å². The quantitative estimate of drug-likeness (QED) is 0.764. The van der Waals surface area contributed by atoms with Crippen molar-refractivity contribution >= 4 is 11.6 Å². The highest BCUT2D eigenvalue weighted by molar-refractivity contribution is 6.29. The number of hydrogen-bond donors (Lipinski definition) is 1. The van der Waals surface area contributed by atoms with Crippen molar-refractivity contribution in [1.82, 2.24) is 5.32 Å². The van der Waals surface area contributed by atoms with E-state index in [2.05, 4.69) is 18.8 Å². The van der Waals surface area contributed by atoms with Crippen molar-refractivity contribution in [2.45, 2.75) is 32.2 Å². The van der Waals surface area contributed by atoms with Gasteiger partial charge in [-0.3, -0.25) is 0 Å². The minimum Gasteiger partial charge on any atom is -0.381 e. The summed E-state index contributed by atoms with van der Waals surface area (Å²) < 4.78 is 5.32. The summed E-state index contributed by atoms with van der Waals surface area (Å²) in [5.41, 5.74) is 0. The van der Waals surface area contributed by atoms with Gasteiger partial charge in [-0.05, 0) is 32.1 Å². The summed E-state index contributed by atoms with van der Waals surface area (Å²) in [7, 11) is 0. The summed E-state index contributed by atoms with van der Waals surface area (Å²) in [6.07, 6.45) is 3.62. The Morgan fingerprint density at radius 1 is 1.57 bits per heavy atom. The van der Waals surface area contributed by atoms with Gasteiger partial charge >= 0.3 is 0 Å². The van der Waals surface area contributed by atoms with Gasteiger partial charge in [0.15, 0.2) is 0 Å². The zero-order valence-electron chi connectivity index (χ0n) is 8.89. The fraction of sp³-hybridized carbons (Fsp3) is 0.818. The summed E-state index contributed by atoms with van der Waals surface area (Å²) in [4.78, 5) is 0. The molecule has 1 rings (SSSR count). The van der Waals surface area contributed by atoms with Gasteiger partial charge < -0.3 is 10.1 Å². The second-order valence-corrected chi connectivity index (χ2v) is 4.63. The van der Waals surface area contributed by atoms with Crippen LogP contribution in [0, 0.1) is 5.92 Å². The summed E-state index contributed by atoms with van der Waals surface area (Å²) >= 11 is 5.69. The lowest BCUT2D eigenvalue weighted by molar-refractivity contribution is 0.0613. The number of rotatable bonds is 5. The molecule has 1 unspecified atom stereocenters. The Morgan fingerprint density at radius 2 is 2.21 bits per heavy atom. The minimum absolute atomic E-state index is 0.522. The van der Waals surface area contributed by atoms with Gasteiger partial charge in [0.1, 0.15) is 0 Å². The topological polar surface area (TPSA) is 21.3 Å². The van der Waals surface area contributed by atoms with E-state index in [-0.39, 0.29) is 0 Å². The van der Waals surface area contributed by atoms with Crippen molar-refractivity contribution in [3.8, 4) is 0 Å². The molecule has 0 radical (unpaired) electrons. The lowest BCUT2D eigenvalue weighted by Crippen LogP contribution is -2.31. The first-order valence-electron chi connectivity index (χ1n) is 5.33. The van der Waals surface area contributed by atoms with Crippen LogP contribution in [0.1, 0.15) is 26.2 Å². The molecule has 1 N–H and O–H groups in total. The highest BCUT2D eigenvalue weighted by Gasteiger charge is 2.16. The molecule has 0 amide bonds. The molecular weight excluding hydrogens is 198 g/mol. The molecule has 14 heavy (non-hydrogen) atoms.